The maximum atomic E-state index is 12.6. The van der Waals surface area contributed by atoms with Crippen molar-refractivity contribution in [3.63, 3.8) is 0 Å². The first-order valence-corrected chi connectivity index (χ1v) is 9.08. The van der Waals surface area contributed by atoms with Gasteiger partial charge in [-0.3, -0.25) is 4.79 Å². The molecule has 26 heavy (non-hydrogen) atoms. The Morgan fingerprint density at radius 1 is 1.23 bits per heavy atom. The zero-order valence-corrected chi connectivity index (χ0v) is 15.9. The molecule has 3 heterocycles. The molecular formula is C18H18Cl2N4O2. The van der Waals surface area contributed by atoms with Crippen LogP contribution in [-0.2, 0) is 13.0 Å². The summed E-state index contributed by atoms with van der Waals surface area (Å²) in [4.78, 5) is 25.3. The van der Waals surface area contributed by atoms with Crippen molar-refractivity contribution >= 4 is 40.0 Å². The fraction of sp³-hybridized carbons (Fsp3) is 0.278. The molecule has 1 aliphatic heterocycles. The number of aromatic amines is 1. The van der Waals surface area contributed by atoms with Crippen LogP contribution in [-0.4, -0.2) is 37.4 Å². The van der Waals surface area contributed by atoms with E-state index in [1.807, 2.05) is 19.9 Å². The number of carbonyl (C=O) groups excluding carboxylic acids is 1. The van der Waals surface area contributed by atoms with Crippen molar-refractivity contribution in [3.8, 4) is 5.75 Å². The predicted octanol–water partition coefficient (Wildman–Crippen LogP) is 4.20. The molecule has 0 fully saturated rings. The van der Waals surface area contributed by atoms with Gasteiger partial charge in [-0.05, 0) is 6.07 Å². The van der Waals surface area contributed by atoms with Crippen molar-refractivity contribution in [1.82, 2.24) is 19.9 Å². The number of hydrogen-bond donors (Lipinski definition) is 2. The lowest BCUT2D eigenvalue weighted by Gasteiger charge is -2.26. The number of hydrogen-bond acceptors (Lipinski definition) is 4. The van der Waals surface area contributed by atoms with Crippen LogP contribution in [0.1, 0.15) is 35.7 Å². The first kappa shape index (κ1) is 18.5. The summed E-state index contributed by atoms with van der Waals surface area (Å²) in [6.45, 7) is 4.99. The Labute approximate surface area is 160 Å². The Hall–Kier alpha value is -2.31. The summed E-state index contributed by atoms with van der Waals surface area (Å²) < 4.78 is 0. The molecule has 0 aliphatic carbocycles. The monoisotopic (exact) mass is 392 g/mol. The van der Waals surface area contributed by atoms with Gasteiger partial charge in [0.05, 0.1) is 28.0 Å². The Bertz CT molecular complexity index is 954. The second-order valence-electron chi connectivity index (χ2n) is 5.61. The van der Waals surface area contributed by atoms with E-state index in [9.17, 15) is 9.90 Å². The van der Waals surface area contributed by atoms with Crippen molar-refractivity contribution < 1.29 is 9.90 Å². The fourth-order valence-corrected chi connectivity index (χ4v) is 3.34. The number of carbonyl (C=O) groups is 1. The van der Waals surface area contributed by atoms with Crippen LogP contribution in [0.2, 0.25) is 10.0 Å². The molecule has 2 aromatic heterocycles. The summed E-state index contributed by atoms with van der Waals surface area (Å²) >= 11 is 12.3. The number of fused-ring (bicyclic) bond motifs is 3. The topological polar surface area (TPSA) is 82.1 Å². The average molecular weight is 393 g/mol. The maximum absolute atomic E-state index is 12.6. The van der Waals surface area contributed by atoms with E-state index in [4.69, 9.17) is 23.2 Å². The highest BCUT2D eigenvalue weighted by molar-refractivity contribution is 6.45. The van der Waals surface area contributed by atoms with E-state index >= 15 is 0 Å². The summed E-state index contributed by atoms with van der Waals surface area (Å²) in [5, 5.41) is 11.2. The lowest BCUT2D eigenvalue weighted by molar-refractivity contribution is 0.0722. The van der Waals surface area contributed by atoms with Gasteiger partial charge >= 0.3 is 0 Å². The normalized spacial score (nSPS) is 13.2. The van der Waals surface area contributed by atoms with Crippen molar-refractivity contribution in [2.24, 2.45) is 0 Å². The van der Waals surface area contributed by atoms with Gasteiger partial charge in [-0.25, -0.2) is 9.97 Å². The molecule has 0 bridgehead atoms. The molecule has 0 saturated heterocycles. The number of nitrogens with zero attached hydrogens (tertiary/aromatic N) is 3. The highest BCUT2D eigenvalue weighted by atomic mass is 35.5. The zero-order chi connectivity index (χ0) is 18.8. The molecule has 4 rings (SSSR count). The van der Waals surface area contributed by atoms with Crippen LogP contribution in [0, 0.1) is 0 Å². The molecule has 0 saturated carbocycles. The molecule has 0 atom stereocenters. The van der Waals surface area contributed by atoms with E-state index in [1.54, 1.807) is 11.0 Å². The Kier molecular flexibility index (Phi) is 5.34. The summed E-state index contributed by atoms with van der Waals surface area (Å²) in [6, 6.07) is 3.66. The van der Waals surface area contributed by atoms with E-state index in [-0.39, 0.29) is 17.5 Å². The summed E-state index contributed by atoms with van der Waals surface area (Å²) in [7, 11) is 0. The van der Waals surface area contributed by atoms with Gasteiger partial charge in [-0.2, -0.15) is 0 Å². The van der Waals surface area contributed by atoms with Crippen LogP contribution < -0.4 is 0 Å². The highest BCUT2D eigenvalue weighted by Crippen LogP contribution is 2.35. The lowest BCUT2D eigenvalue weighted by atomic mass is 10.0. The molecule has 0 unspecified atom stereocenters. The number of aromatic nitrogens is 3. The number of nitrogens with one attached hydrogen (secondary N) is 1. The van der Waals surface area contributed by atoms with Crippen LogP contribution in [0.4, 0.5) is 0 Å². The zero-order valence-electron chi connectivity index (χ0n) is 14.4. The van der Waals surface area contributed by atoms with E-state index in [0.717, 1.165) is 22.2 Å². The summed E-state index contributed by atoms with van der Waals surface area (Å²) in [5.74, 6) is -0.275. The number of benzene rings is 1. The molecule has 3 aromatic rings. The number of aromatic hydroxyl groups is 1. The van der Waals surface area contributed by atoms with Crippen LogP contribution in [0.5, 0.6) is 5.75 Å². The number of rotatable bonds is 1. The molecule has 1 aromatic carbocycles. The van der Waals surface area contributed by atoms with Gasteiger partial charge in [0, 0.05) is 36.2 Å². The average Bonchev–Trinajstić information content (AvgIpc) is 3.05. The van der Waals surface area contributed by atoms with Gasteiger partial charge in [0.2, 0.25) is 5.82 Å². The fourth-order valence-electron chi connectivity index (χ4n) is 2.97. The Balaban J connectivity index is 0.000000948. The van der Waals surface area contributed by atoms with Gasteiger partial charge in [-0.15, -0.1) is 0 Å². The third-order valence-electron chi connectivity index (χ3n) is 4.16. The molecule has 1 aliphatic rings. The second-order valence-corrected chi connectivity index (χ2v) is 6.39. The number of H-pyrrole nitrogens is 1. The molecule has 0 spiro atoms. The molecule has 2 N–H and O–H groups in total. The van der Waals surface area contributed by atoms with Crippen LogP contribution in [0.15, 0.2) is 24.5 Å². The maximum Gasteiger partial charge on any atom is 0.291 e. The summed E-state index contributed by atoms with van der Waals surface area (Å²) in [6.07, 6.45) is 3.11. The van der Waals surface area contributed by atoms with E-state index in [0.29, 0.717) is 29.6 Å². The molecule has 1 amide bonds. The SMILES string of the molecule is CC.O=C(c1ncc(O)cn1)N1CCc2[nH]c3c(Cl)c(Cl)ccc3c2C1. The van der Waals surface area contributed by atoms with Gasteiger partial charge in [-0.1, -0.05) is 43.1 Å². The minimum atomic E-state index is -0.268. The van der Waals surface area contributed by atoms with Crippen molar-refractivity contribution in [2.75, 3.05) is 6.54 Å². The standard InChI is InChI=1S/C16H12Cl2N4O2.C2H6/c17-11-2-1-9-10-7-22(4-3-12(10)21-14(9)13(11)18)16(24)15-19-5-8(23)6-20-15;1-2/h1-2,5-6,21,23H,3-4,7H2;1-2H3. The third-order valence-corrected chi connectivity index (χ3v) is 4.96. The van der Waals surface area contributed by atoms with Crippen LogP contribution >= 0.6 is 23.2 Å². The minimum Gasteiger partial charge on any atom is -0.505 e. The van der Waals surface area contributed by atoms with E-state index in [1.165, 1.54) is 12.4 Å². The summed E-state index contributed by atoms with van der Waals surface area (Å²) in [5.41, 5.74) is 2.89. The van der Waals surface area contributed by atoms with Crippen LogP contribution in [0.25, 0.3) is 10.9 Å². The first-order valence-electron chi connectivity index (χ1n) is 8.32. The minimum absolute atomic E-state index is 0.0668. The van der Waals surface area contributed by atoms with Crippen molar-refractivity contribution in [1.29, 1.82) is 0 Å². The lowest BCUT2D eigenvalue weighted by Crippen LogP contribution is -2.36. The molecule has 6 nitrogen and oxygen atoms in total. The highest BCUT2D eigenvalue weighted by Gasteiger charge is 2.27. The third kappa shape index (κ3) is 3.22. The Morgan fingerprint density at radius 2 is 1.92 bits per heavy atom. The van der Waals surface area contributed by atoms with Crippen LogP contribution in [0.3, 0.4) is 0 Å². The quantitative estimate of drug-likeness (QED) is 0.650. The molecule has 8 heteroatoms. The van der Waals surface area contributed by atoms with Gasteiger partial charge < -0.3 is 15.0 Å². The second kappa shape index (κ2) is 7.51. The molecule has 0 radical (unpaired) electrons. The van der Waals surface area contributed by atoms with Gasteiger partial charge in [0.1, 0.15) is 0 Å². The smallest absolute Gasteiger partial charge is 0.291 e. The van der Waals surface area contributed by atoms with Crippen molar-refractivity contribution in [3.05, 3.63) is 51.7 Å². The van der Waals surface area contributed by atoms with Gasteiger partial charge in [0.15, 0.2) is 5.75 Å². The van der Waals surface area contributed by atoms with Crippen molar-refractivity contribution in [2.45, 2.75) is 26.8 Å². The predicted molar refractivity (Wildman–Crippen MR) is 102 cm³/mol. The first-order chi connectivity index (χ1) is 12.5. The number of halogens is 2. The number of amides is 1. The largest absolute Gasteiger partial charge is 0.505 e. The van der Waals surface area contributed by atoms with Gasteiger partial charge in [0.25, 0.3) is 5.91 Å². The molecular weight excluding hydrogens is 375 g/mol. The Morgan fingerprint density at radius 3 is 2.62 bits per heavy atom. The molecule has 136 valence electrons. The van der Waals surface area contributed by atoms with E-state index < -0.39 is 0 Å². The van der Waals surface area contributed by atoms with E-state index in [2.05, 4.69) is 15.0 Å².